The smallest absolute Gasteiger partial charge is 0.185 e. The number of piperazine rings is 1. The van der Waals surface area contributed by atoms with Gasteiger partial charge in [-0.2, -0.15) is 0 Å². The van der Waals surface area contributed by atoms with Gasteiger partial charge in [0.15, 0.2) is 5.13 Å². The molecule has 2 heterocycles. The molecule has 6 heteroatoms. The van der Waals surface area contributed by atoms with Gasteiger partial charge in [0, 0.05) is 50.7 Å². The lowest BCUT2D eigenvalue weighted by Gasteiger charge is -2.35. The summed E-state index contributed by atoms with van der Waals surface area (Å²) < 4.78 is 0. The molecule has 1 aliphatic rings. The minimum atomic E-state index is 0.335. The van der Waals surface area contributed by atoms with Crippen LogP contribution in [0.3, 0.4) is 0 Å². The fourth-order valence-electron chi connectivity index (χ4n) is 2.27. The summed E-state index contributed by atoms with van der Waals surface area (Å²) in [5.74, 6) is 0. The molecule has 0 amide bonds. The van der Waals surface area contributed by atoms with Crippen molar-refractivity contribution >= 4 is 16.5 Å². The highest BCUT2D eigenvalue weighted by Crippen LogP contribution is 2.24. The Morgan fingerprint density at radius 3 is 2.65 bits per heavy atom. The summed E-state index contributed by atoms with van der Waals surface area (Å²) in [6.45, 7) is 8.93. The lowest BCUT2D eigenvalue weighted by molar-refractivity contribution is 0.229. The van der Waals surface area contributed by atoms with Gasteiger partial charge in [0.05, 0.1) is 5.69 Å². The van der Waals surface area contributed by atoms with Gasteiger partial charge in [-0.15, -0.1) is 11.3 Å². The quantitative estimate of drug-likeness (QED) is 0.851. The van der Waals surface area contributed by atoms with Crippen LogP contribution in [-0.4, -0.2) is 75.2 Å². The highest BCUT2D eigenvalue weighted by Gasteiger charge is 2.20. The normalized spacial score (nSPS) is 18.8. The van der Waals surface area contributed by atoms with Gasteiger partial charge in [-0.25, -0.2) is 4.98 Å². The molecule has 0 spiro atoms. The number of nitrogens with one attached hydrogen (secondary N) is 1. The Morgan fingerprint density at radius 2 is 2.05 bits per heavy atom. The number of anilines is 1. The number of likely N-dealkylation sites (N-methyl/N-ethyl adjacent to an activating group) is 1. The zero-order valence-electron chi connectivity index (χ0n) is 13.1. The topological polar surface area (TPSA) is 34.6 Å². The molecule has 114 valence electrons. The van der Waals surface area contributed by atoms with Gasteiger partial charge < -0.3 is 15.1 Å². The first-order valence-corrected chi connectivity index (χ1v) is 8.23. The van der Waals surface area contributed by atoms with Crippen LogP contribution in [0.1, 0.15) is 18.7 Å². The predicted octanol–water partition coefficient (Wildman–Crippen LogP) is 1.11. The zero-order chi connectivity index (χ0) is 14.5. The molecule has 1 aliphatic heterocycles. The molecule has 0 radical (unpaired) electrons. The first-order chi connectivity index (χ1) is 9.60. The fourth-order valence-corrected chi connectivity index (χ4v) is 3.25. The van der Waals surface area contributed by atoms with Crippen LogP contribution in [-0.2, 0) is 0 Å². The molecular formula is C14H27N5S. The molecule has 20 heavy (non-hydrogen) atoms. The lowest BCUT2D eigenvalue weighted by Crippen LogP contribution is -2.48. The van der Waals surface area contributed by atoms with E-state index in [4.69, 9.17) is 4.98 Å². The molecule has 0 bridgehead atoms. The first-order valence-electron chi connectivity index (χ1n) is 7.35. The summed E-state index contributed by atoms with van der Waals surface area (Å²) in [5, 5.41) is 6.60. The maximum absolute atomic E-state index is 4.76. The van der Waals surface area contributed by atoms with Crippen LogP contribution in [0.2, 0.25) is 0 Å². The second-order valence-corrected chi connectivity index (χ2v) is 6.53. The van der Waals surface area contributed by atoms with Gasteiger partial charge in [-0.05, 0) is 28.1 Å². The molecule has 1 N–H and O–H groups in total. The van der Waals surface area contributed by atoms with Crippen molar-refractivity contribution in [2.45, 2.75) is 13.0 Å². The maximum atomic E-state index is 4.76. The van der Waals surface area contributed by atoms with E-state index in [1.807, 2.05) is 7.05 Å². The van der Waals surface area contributed by atoms with Crippen molar-refractivity contribution in [3.63, 3.8) is 0 Å². The van der Waals surface area contributed by atoms with Crippen molar-refractivity contribution in [3.05, 3.63) is 11.1 Å². The van der Waals surface area contributed by atoms with E-state index in [0.29, 0.717) is 6.04 Å². The molecule has 2 rings (SSSR count). The molecule has 5 nitrogen and oxygen atoms in total. The van der Waals surface area contributed by atoms with Crippen LogP contribution < -0.4 is 10.2 Å². The minimum absolute atomic E-state index is 0.335. The van der Waals surface area contributed by atoms with Crippen molar-refractivity contribution in [1.82, 2.24) is 20.1 Å². The Labute approximate surface area is 126 Å². The van der Waals surface area contributed by atoms with Crippen LogP contribution in [0, 0.1) is 0 Å². The summed E-state index contributed by atoms with van der Waals surface area (Å²) in [5.41, 5.74) is 1.16. The number of hydrogen-bond donors (Lipinski definition) is 1. The van der Waals surface area contributed by atoms with E-state index in [0.717, 1.165) is 38.4 Å². The fraction of sp³-hybridized carbons (Fsp3) is 0.786. The number of thiazole rings is 1. The van der Waals surface area contributed by atoms with Crippen LogP contribution in [0.25, 0.3) is 0 Å². The Bertz CT molecular complexity index is 398. The second kappa shape index (κ2) is 7.36. The van der Waals surface area contributed by atoms with Crippen LogP contribution in [0.4, 0.5) is 5.13 Å². The van der Waals surface area contributed by atoms with E-state index < -0.39 is 0 Å². The van der Waals surface area contributed by atoms with Gasteiger partial charge in [-0.1, -0.05) is 0 Å². The molecule has 1 aromatic rings. The van der Waals surface area contributed by atoms with E-state index in [-0.39, 0.29) is 0 Å². The van der Waals surface area contributed by atoms with E-state index in [9.17, 15) is 0 Å². The maximum Gasteiger partial charge on any atom is 0.185 e. The first kappa shape index (κ1) is 15.7. The number of aromatic nitrogens is 1. The Kier molecular flexibility index (Phi) is 5.77. The molecule has 1 unspecified atom stereocenters. The SMILES string of the molecule is CNC(C)c1csc(N2CCN(CCN(C)C)CC2)n1. The van der Waals surface area contributed by atoms with Gasteiger partial charge in [-0.3, -0.25) is 4.90 Å². The molecular weight excluding hydrogens is 270 g/mol. The van der Waals surface area contributed by atoms with Gasteiger partial charge in [0.2, 0.25) is 0 Å². The van der Waals surface area contributed by atoms with E-state index in [1.54, 1.807) is 11.3 Å². The molecule has 0 saturated carbocycles. The van der Waals surface area contributed by atoms with Gasteiger partial charge >= 0.3 is 0 Å². The molecule has 1 aromatic heterocycles. The van der Waals surface area contributed by atoms with Crippen LogP contribution >= 0.6 is 11.3 Å². The van der Waals surface area contributed by atoms with E-state index in [2.05, 4.69) is 46.4 Å². The van der Waals surface area contributed by atoms with Crippen molar-refractivity contribution in [3.8, 4) is 0 Å². The standard InChI is InChI=1S/C14H27N5S/c1-12(15-2)13-11-20-14(16-13)19-9-7-18(8-10-19)6-5-17(3)4/h11-12,15H,5-10H2,1-4H3. The third-order valence-corrected chi connectivity index (χ3v) is 4.81. The van der Waals surface area contributed by atoms with Crippen molar-refractivity contribution in [2.75, 3.05) is 65.3 Å². The van der Waals surface area contributed by atoms with E-state index >= 15 is 0 Å². The van der Waals surface area contributed by atoms with Crippen LogP contribution in [0.15, 0.2) is 5.38 Å². The minimum Gasteiger partial charge on any atom is -0.346 e. The average Bonchev–Trinajstić information content (AvgIpc) is 2.94. The van der Waals surface area contributed by atoms with Crippen molar-refractivity contribution in [2.24, 2.45) is 0 Å². The summed E-state index contributed by atoms with van der Waals surface area (Å²) in [7, 11) is 6.25. The zero-order valence-corrected chi connectivity index (χ0v) is 13.9. The summed E-state index contributed by atoms with van der Waals surface area (Å²) in [6.07, 6.45) is 0. The summed E-state index contributed by atoms with van der Waals surface area (Å²) >= 11 is 1.77. The summed E-state index contributed by atoms with van der Waals surface area (Å²) in [6, 6.07) is 0.335. The number of rotatable bonds is 6. The largest absolute Gasteiger partial charge is 0.346 e. The van der Waals surface area contributed by atoms with E-state index in [1.165, 1.54) is 11.7 Å². The van der Waals surface area contributed by atoms with Crippen molar-refractivity contribution < 1.29 is 0 Å². The average molecular weight is 297 g/mol. The van der Waals surface area contributed by atoms with Gasteiger partial charge in [0.1, 0.15) is 0 Å². The number of hydrogen-bond acceptors (Lipinski definition) is 6. The molecule has 1 saturated heterocycles. The highest BCUT2D eigenvalue weighted by atomic mass is 32.1. The van der Waals surface area contributed by atoms with Crippen molar-refractivity contribution in [1.29, 1.82) is 0 Å². The second-order valence-electron chi connectivity index (χ2n) is 5.70. The molecule has 0 aromatic carbocycles. The predicted molar refractivity (Wildman–Crippen MR) is 86.8 cm³/mol. The monoisotopic (exact) mass is 297 g/mol. The molecule has 0 aliphatic carbocycles. The Hall–Kier alpha value is -0.690. The lowest BCUT2D eigenvalue weighted by atomic mass is 10.3. The summed E-state index contributed by atoms with van der Waals surface area (Å²) in [4.78, 5) is 12.0. The molecule has 1 fully saturated rings. The third-order valence-electron chi connectivity index (χ3n) is 3.89. The molecule has 1 atom stereocenters. The highest BCUT2D eigenvalue weighted by molar-refractivity contribution is 7.13. The Morgan fingerprint density at radius 1 is 1.35 bits per heavy atom. The number of nitrogens with zero attached hydrogens (tertiary/aromatic N) is 4. The third kappa shape index (κ3) is 4.15. The van der Waals surface area contributed by atoms with Gasteiger partial charge in [0.25, 0.3) is 0 Å². The Balaban J connectivity index is 1.83. The van der Waals surface area contributed by atoms with Crippen LogP contribution in [0.5, 0.6) is 0 Å².